The number of amides is 1. The number of nitrogens with zero attached hydrogens (tertiary/aromatic N) is 2. The van der Waals surface area contributed by atoms with Gasteiger partial charge in [-0.1, -0.05) is 23.7 Å². The third-order valence-corrected chi connectivity index (χ3v) is 5.55. The van der Waals surface area contributed by atoms with Gasteiger partial charge in [0.15, 0.2) is 0 Å². The third kappa shape index (κ3) is 5.45. The van der Waals surface area contributed by atoms with Gasteiger partial charge in [0.2, 0.25) is 0 Å². The first kappa shape index (κ1) is 22.6. The van der Waals surface area contributed by atoms with E-state index in [1.54, 1.807) is 42.6 Å². The second-order valence-corrected chi connectivity index (χ2v) is 7.95. The summed E-state index contributed by atoms with van der Waals surface area (Å²) in [7, 11) is 0. The molecule has 1 unspecified atom stereocenters. The molecular formula is C25H22ClFN4O2. The third-order valence-electron chi connectivity index (χ3n) is 5.24. The maximum Gasteiger partial charge on any atom is 0.252 e. The van der Waals surface area contributed by atoms with Crippen molar-refractivity contribution in [2.75, 3.05) is 6.61 Å². The molecule has 1 amide bonds. The fourth-order valence-corrected chi connectivity index (χ4v) is 3.90. The molecule has 2 aromatic heterocycles. The minimum Gasteiger partial charge on any atom is -0.396 e. The van der Waals surface area contributed by atoms with Gasteiger partial charge >= 0.3 is 0 Å². The number of aliphatic hydroxyl groups excluding tert-OH is 1. The van der Waals surface area contributed by atoms with E-state index in [0.29, 0.717) is 40.4 Å². The van der Waals surface area contributed by atoms with Crippen molar-refractivity contribution in [3.63, 3.8) is 0 Å². The van der Waals surface area contributed by atoms with Crippen LogP contribution >= 0.6 is 11.6 Å². The summed E-state index contributed by atoms with van der Waals surface area (Å²) in [6, 6.07) is 18.1. The zero-order valence-corrected chi connectivity index (χ0v) is 18.4. The van der Waals surface area contributed by atoms with Crippen molar-refractivity contribution in [2.45, 2.75) is 18.9 Å². The average molecular weight is 465 g/mol. The van der Waals surface area contributed by atoms with E-state index in [0.717, 1.165) is 11.3 Å². The molecule has 168 valence electrons. The number of pyridine rings is 1. The van der Waals surface area contributed by atoms with Crippen LogP contribution in [-0.4, -0.2) is 38.8 Å². The molecule has 0 aliphatic rings. The number of halogens is 2. The molecule has 4 rings (SSSR count). The molecule has 6 nitrogen and oxygen atoms in total. The number of aromatic nitrogens is 3. The van der Waals surface area contributed by atoms with E-state index in [1.165, 1.54) is 12.1 Å². The summed E-state index contributed by atoms with van der Waals surface area (Å²) < 4.78 is 13.3. The van der Waals surface area contributed by atoms with E-state index in [9.17, 15) is 14.3 Å². The van der Waals surface area contributed by atoms with Gasteiger partial charge in [0.1, 0.15) is 5.82 Å². The topological polar surface area (TPSA) is 90.9 Å². The molecule has 2 heterocycles. The highest BCUT2D eigenvalue weighted by atomic mass is 35.5. The molecule has 0 radical (unpaired) electrons. The number of hydrogen-bond acceptors (Lipinski definition) is 4. The van der Waals surface area contributed by atoms with Gasteiger partial charge in [0, 0.05) is 42.1 Å². The Bertz CT molecular complexity index is 1230. The van der Waals surface area contributed by atoms with Gasteiger partial charge in [-0.05, 0) is 61.0 Å². The molecule has 3 N–H and O–H groups in total. The summed E-state index contributed by atoms with van der Waals surface area (Å²) in [5.41, 5.74) is 3.60. The molecule has 2 aromatic carbocycles. The number of carbonyl (C=O) groups is 1. The predicted octanol–water partition coefficient (Wildman–Crippen LogP) is 4.65. The summed E-state index contributed by atoms with van der Waals surface area (Å²) in [6.07, 6.45) is 2.57. The van der Waals surface area contributed by atoms with Crippen LogP contribution in [0.3, 0.4) is 0 Å². The number of H-pyrrole nitrogens is 1. The molecule has 0 saturated carbocycles. The number of carbonyl (C=O) groups excluding carboxylic acids is 1. The van der Waals surface area contributed by atoms with Crippen LogP contribution in [0.2, 0.25) is 5.02 Å². The first-order valence-electron chi connectivity index (χ1n) is 10.5. The minimum atomic E-state index is -0.331. The SMILES string of the molecule is O=C(NC(CCO)Cc1ccccn1)c1cccc(Cl)c1-c1cc(-c2ccc(F)cc2)n[nH]1. The standard InChI is InChI=1S/C25H22ClFN4O2/c26-21-6-3-5-20(25(33)29-19(11-13-32)14-18-4-1-2-12-28-18)24(21)23-15-22(30-31-23)16-7-9-17(27)10-8-16/h1-10,12,15,19,32H,11,13-14H2,(H,29,33)(H,30,31). The molecular weight excluding hydrogens is 443 g/mol. The summed E-state index contributed by atoms with van der Waals surface area (Å²) in [6.45, 7) is -0.0677. The Morgan fingerprint density at radius 2 is 1.94 bits per heavy atom. The second-order valence-electron chi connectivity index (χ2n) is 7.54. The molecule has 0 bridgehead atoms. The van der Waals surface area contributed by atoms with Gasteiger partial charge in [-0.15, -0.1) is 0 Å². The molecule has 0 aliphatic carbocycles. The number of aromatic amines is 1. The highest BCUT2D eigenvalue weighted by Crippen LogP contribution is 2.32. The van der Waals surface area contributed by atoms with Gasteiger partial charge in [-0.3, -0.25) is 14.9 Å². The Morgan fingerprint density at radius 1 is 1.12 bits per heavy atom. The first-order chi connectivity index (χ1) is 16.0. The highest BCUT2D eigenvalue weighted by molar-refractivity contribution is 6.34. The van der Waals surface area contributed by atoms with Crippen LogP contribution in [0, 0.1) is 5.82 Å². The smallest absolute Gasteiger partial charge is 0.252 e. The average Bonchev–Trinajstić information content (AvgIpc) is 3.30. The molecule has 33 heavy (non-hydrogen) atoms. The lowest BCUT2D eigenvalue weighted by Crippen LogP contribution is -2.37. The van der Waals surface area contributed by atoms with Crippen LogP contribution in [-0.2, 0) is 6.42 Å². The minimum absolute atomic E-state index is 0.0677. The van der Waals surface area contributed by atoms with Crippen LogP contribution in [0.25, 0.3) is 22.5 Å². The van der Waals surface area contributed by atoms with E-state index in [2.05, 4.69) is 20.5 Å². The van der Waals surface area contributed by atoms with Crippen LogP contribution in [0.1, 0.15) is 22.5 Å². The van der Waals surface area contributed by atoms with E-state index < -0.39 is 0 Å². The fourth-order valence-electron chi connectivity index (χ4n) is 3.62. The van der Waals surface area contributed by atoms with Gasteiger partial charge < -0.3 is 10.4 Å². The number of benzene rings is 2. The van der Waals surface area contributed by atoms with Gasteiger partial charge in [0.05, 0.1) is 22.0 Å². The lowest BCUT2D eigenvalue weighted by atomic mass is 10.0. The Hall–Kier alpha value is -3.55. The van der Waals surface area contributed by atoms with Crippen molar-refractivity contribution < 1.29 is 14.3 Å². The lowest BCUT2D eigenvalue weighted by Gasteiger charge is -2.19. The maximum absolute atomic E-state index is 13.3. The highest BCUT2D eigenvalue weighted by Gasteiger charge is 2.21. The summed E-state index contributed by atoms with van der Waals surface area (Å²) in [5.74, 6) is -0.650. The first-order valence-corrected chi connectivity index (χ1v) is 10.8. The number of hydrogen-bond donors (Lipinski definition) is 3. The van der Waals surface area contributed by atoms with Crippen molar-refractivity contribution >= 4 is 17.5 Å². The molecule has 0 saturated heterocycles. The summed E-state index contributed by atoms with van der Waals surface area (Å²) >= 11 is 6.48. The lowest BCUT2D eigenvalue weighted by molar-refractivity contribution is 0.0930. The number of nitrogens with one attached hydrogen (secondary N) is 2. The van der Waals surface area contributed by atoms with Gasteiger partial charge in [-0.2, -0.15) is 5.10 Å². The van der Waals surface area contributed by atoms with Crippen molar-refractivity contribution in [3.8, 4) is 22.5 Å². The normalized spacial score (nSPS) is 11.8. The Balaban J connectivity index is 1.61. The van der Waals surface area contributed by atoms with Crippen molar-refractivity contribution in [1.82, 2.24) is 20.5 Å². The number of rotatable bonds is 8. The monoisotopic (exact) mass is 464 g/mol. The van der Waals surface area contributed by atoms with E-state index in [4.69, 9.17) is 11.6 Å². The fraction of sp³-hybridized carbons (Fsp3) is 0.160. The van der Waals surface area contributed by atoms with Crippen LogP contribution < -0.4 is 5.32 Å². The Labute approximate surface area is 195 Å². The van der Waals surface area contributed by atoms with E-state index in [1.807, 2.05) is 18.2 Å². The van der Waals surface area contributed by atoms with Crippen molar-refractivity contribution in [1.29, 1.82) is 0 Å². The van der Waals surface area contributed by atoms with Crippen LogP contribution in [0.4, 0.5) is 4.39 Å². The molecule has 0 fully saturated rings. The van der Waals surface area contributed by atoms with E-state index in [-0.39, 0.29) is 24.4 Å². The zero-order valence-electron chi connectivity index (χ0n) is 17.6. The van der Waals surface area contributed by atoms with Crippen molar-refractivity contribution in [3.05, 3.63) is 95.0 Å². The number of aliphatic hydroxyl groups is 1. The van der Waals surface area contributed by atoms with Crippen molar-refractivity contribution in [2.24, 2.45) is 0 Å². The summed E-state index contributed by atoms with van der Waals surface area (Å²) in [5, 5.41) is 20.1. The molecule has 0 spiro atoms. The van der Waals surface area contributed by atoms with Gasteiger partial charge in [0.25, 0.3) is 5.91 Å². The zero-order chi connectivity index (χ0) is 23.2. The molecule has 0 aliphatic heterocycles. The van der Waals surface area contributed by atoms with Crippen LogP contribution in [0.15, 0.2) is 72.9 Å². The largest absolute Gasteiger partial charge is 0.396 e. The molecule has 8 heteroatoms. The second kappa shape index (κ2) is 10.4. The maximum atomic E-state index is 13.3. The predicted molar refractivity (Wildman–Crippen MR) is 125 cm³/mol. The van der Waals surface area contributed by atoms with Crippen LogP contribution in [0.5, 0.6) is 0 Å². The molecule has 4 aromatic rings. The van der Waals surface area contributed by atoms with Gasteiger partial charge in [-0.25, -0.2) is 4.39 Å². The molecule has 1 atom stereocenters. The van der Waals surface area contributed by atoms with E-state index >= 15 is 0 Å². The summed E-state index contributed by atoms with van der Waals surface area (Å²) in [4.78, 5) is 17.5. The quantitative estimate of drug-likeness (QED) is 0.354. The Morgan fingerprint density at radius 3 is 2.67 bits per heavy atom. The Kier molecular flexibility index (Phi) is 7.12.